The van der Waals surface area contributed by atoms with E-state index in [0.717, 1.165) is 5.56 Å². The smallest absolute Gasteiger partial charge is 0.289 e. The molecule has 0 fully saturated rings. The number of hydrogen-bond acceptors (Lipinski definition) is 4. The number of hydrogen-bond donors (Lipinski definition) is 0. The topological polar surface area (TPSA) is 60.4 Å². The second kappa shape index (κ2) is 9.12. The van der Waals surface area contributed by atoms with Gasteiger partial charge in [0.05, 0.1) is 4.90 Å². The van der Waals surface area contributed by atoms with E-state index in [1.165, 1.54) is 12.1 Å². The molecule has 0 spiro atoms. The van der Waals surface area contributed by atoms with Crippen LogP contribution in [-0.4, -0.2) is 14.2 Å². The molecule has 0 heterocycles. The van der Waals surface area contributed by atoms with Crippen LogP contribution in [0, 0.1) is 24.2 Å². The zero-order valence-corrected chi connectivity index (χ0v) is 19.4. The van der Waals surface area contributed by atoms with Crippen molar-refractivity contribution in [2.75, 3.05) is 0 Å². The Bertz CT molecular complexity index is 1240. The Labute approximate surface area is 190 Å². The molecular weight excluding hydrogens is 420 g/mol. The number of aryl methyl sites for hydroxylation is 1. The summed E-state index contributed by atoms with van der Waals surface area (Å²) in [6, 6.07) is 23.3. The molecule has 0 aliphatic carbocycles. The van der Waals surface area contributed by atoms with E-state index in [-0.39, 0.29) is 4.90 Å². The highest BCUT2D eigenvalue weighted by Gasteiger charge is 2.45. The summed E-state index contributed by atoms with van der Waals surface area (Å²) in [4.78, 5) is 13.8. The lowest BCUT2D eigenvalue weighted by Crippen LogP contribution is -2.40. The van der Waals surface area contributed by atoms with Crippen LogP contribution in [0.3, 0.4) is 0 Å². The molecule has 0 aliphatic heterocycles. The molecule has 1 unspecified atom stereocenters. The SMILES string of the molecule is Cc1ccc(S(=O)(=O)OC(C#CC(C)(C)C)(C(=O)c2ccccc2)c2ccccc2)cc1. The van der Waals surface area contributed by atoms with E-state index in [1.54, 1.807) is 72.8 Å². The molecule has 3 aromatic carbocycles. The van der Waals surface area contributed by atoms with Crippen LogP contribution in [0.1, 0.15) is 42.3 Å². The summed E-state index contributed by atoms with van der Waals surface area (Å²) in [6.45, 7) is 7.52. The van der Waals surface area contributed by atoms with Gasteiger partial charge in [-0.3, -0.25) is 4.79 Å². The Morgan fingerprint density at radius 3 is 1.84 bits per heavy atom. The molecule has 4 nitrogen and oxygen atoms in total. The summed E-state index contributed by atoms with van der Waals surface area (Å²) in [7, 11) is -4.33. The Hall–Kier alpha value is -3.20. The number of ketones is 1. The van der Waals surface area contributed by atoms with Crippen LogP contribution >= 0.6 is 0 Å². The van der Waals surface area contributed by atoms with E-state index in [0.29, 0.717) is 11.1 Å². The van der Waals surface area contributed by atoms with Crippen LogP contribution in [0.5, 0.6) is 0 Å². The molecule has 0 bridgehead atoms. The van der Waals surface area contributed by atoms with Crippen molar-refractivity contribution in [3.8, 4) is 11.8 Å². The van der Waals surface area contributed by atoms with Gasteiger partial charge in [-0.15, -0.1) is 0 Å². The van der Waals surface area contributed by atoms with Crippen molar-refractivity contribution in [3.63, 3.8) is 0 Å². The Kier molecular flexibility index (Phi) is 6.68. The van der Waals surface area contributed by atoms with Crippen molar-refractivity contribution in [1.29, 1.82) is 0 Å². The van der Waals surface area contributed by atoms with Gasteiger partial charge in [-0.25, -0.2) is 4.18 Å². The van der Waals surface area contributed by atoms with Crippen LogP contribution < -0.4 is 0 Å². The fraction of sp³-hybridized carbons (Fsp3) is 0.222. The Balaban J connectivity index is 2.28. The van der Waals surface area contributed by atoms with E-state index >= 15 is 0 Å². The monoisotopic (exact) mass is 446 g/mol. The van der Waals surface area contributed by atoms with Crippen LogP contribution in [0.15, 0.2) is 89.8 Å². The van der Waals surface area contributed by atoms with Crippen LogP contribution in [-0.2, 0) is 19.9 Å². The minimum Gasteiger partial charge on any atom is -0.289 e. The molecule has 0 saturated carbocycles. The molecular formula is C27H26O4S. The standard InChI is InChI=1S/C27H26O4S/c1-21-15-17-24(18-16-21)32(29,30)31-27(20-19-26(2,3)4,23-13-9-6-10-14-23)25(28)22-11-7-5-8-12-22/h5-18H,1-4H3. The molecule has 1 atom stereocenters. The third-order valence-electron chi connectivity index (χ3n) is 4.69. The van der Waals surface area contributed by atoms with Gasteiger partial charge < -0.3 is 0 Å². The molecule has 3 rings (SSSR count). The van der Waals surface area contributed by atoms with Crippen molar-refractivity contribution >= 4 is 15.9 Å². The lowest BCUT2D eigenvalue weighted by atomic mass is 9.85. The second-order valence-electron chi connectivity index (χ2n) is 8.59. The van der Waals surface area contributed by atoms with Gasteiger partial charge in [0.25, 0.3) is 10.1 Å². The van der Waals surface area contributed by atoms with Gasteiger partial charge in [-0.1, -0.05) is 90.2 Å². The van der Waals surface area contributed by atoms with Crippen molar-refractivity contribution < 1.29 is 17.4 Å². The fourth-order valence-electron chi connectivity index (χ4n) is 3.03. The van der Waals surface area contributed by atoms with Gasteiger partial charge in [-0.2, -0.15) is 8.42 Å². The van der Waals surface area contributed by atoms with Crippen molar-refractivity contribution in [2.24, 2.45) is 5.41 Å². The number of benzene rings is 3. The predicted octanol–water partition coefficient (Wildman–Crippen LogP) is 5.53. The van der Waals surface area contributed by atoms with Crippen LogP contribution in [0.2, 0.25) is 0 Å². The summed E-state index contributed by atoms with van der Waals surface area (Å²) in [5, 5.41) is 0. The summed E-state index contributed by atoms with van der Waals surface area (Å²) in [5.41, 5.74) is -0.973. The number of Topliss-reactive ketones (excluding diaryl/α,β-unsaturated/α-hetero) is 1. The number of carbonyl (C=O) groups excluding carboxylic acids is 1. The molecule has 32 heavy (non-hydrogen) atoms. The van der Waals surface area contributed by atoms with Crippen molar-refractivity contribution in [3.05, 3.63) is 102 Å². The summed E-state index contributed by atoms with van der Waals surface area (Å²) < 4.78 is 32.5. The van der Waals surface area contributed by atoms with Crippen LogP contribution in [0.25, 0.3) is 0 Å². The zero-order chi connectivity index (χ0) is 23.4. The zero-order valence-electron chi connectivity index (χ0n) is 18.6. The van der Waals surface area contributed by atoms with E-state index in [1.807, 2.05) is 27.7 Å². The van der Waals surface area contributed by atoms with Gasteiger partial charge in [0.1, 0.15) is 0 Å². The maximum Gasteiger partial charge on any atom is 0.299 e. The van der Waals surface area contributed by atoms with Gasteiger partial charge in [-0.05, 0) is 39.8 Å². The third-order valence-corrected chi connectivity index (χ3v) is 6.01. The molecule has 164 valence electrons. The van der Waals surface area contributed by atoms with Gasteiger partial charge in [0, 0.05) is 16.5 Å². The second-order valence-corrected chi connectivity index (χ2v) is 10.1. The molecule has 0 saturated heterocycles. The van der Waals surface area contributed by atoms with Gasteiger partial charge in [0.2, 0.25) is 11.4 Å². The maximum absolute atomic E-state index is 13.9. The highest BCUT2D eigenvalue weighted by Crippen LogP contribution is 2.34. The van der Waals surface area contributed by atoms with Gasteiger partial charge in [0.15, 0.2) is 0 Å². The van der Waals surface area contributed by atoms with Crippen molar-refractivity contribution in [2.45, 2.75) is 38.2 Å². The first-order valence-corrected chi connectivity index (χ1v) is 11.7. The highest BCUT2D eigenvalue weighted by atomic mass is 32.2. The third kappa shape index (κ3) is 5.34. The van der Waals surface area contributed by atoms with E-state index in [9.17, 15) is 13.2 Å². The first-order valence-electron chi connectivity index (χ1n) is 10.3. The number of rotatable bonds is 6. The Morgan fingerprint density at radius 2 is 1.31 bits per heavy atom. The molecule has 0 aliphatic rings. The molecule has 0 radical (unpaired) electrons. The molecule has 0 aromatic heterocycles. The number of carbonyl (C=O) groups is 1. The first kappa shape index (κ1) is 23.5. The lowest BCUT2D eigenvalue weighted by Gasteiger charge is -2.28. The highest BCUT2D eigenvalue weighted by molar-refractivity contribution is 7.86. The quantitative estimate of drug-likeness (QED) is 0.284. The van der Waals surface area contributed by atoms with Crippen molar-refractivity contribution in [1.82, 2.24) is 0 Å². The maximum atomic E-state index is 13.9. The predicted molar refractivity (Wildman–Crippen MR) is 126 cm³/mol. The minimum absolute atomic E-state index is 0.0400. The lowest BCUT2D eigenvalue weighted by molar-refractivity contribution is 0.0655. The van der Waals surface area contributed by atoms with E-state index in [2.05, 4.69) is 11.8 Å². The summed E-state index contributed by atoms with van der Waals surface area (Å²) in [6.07, 6.45) is 0. The first-order chi connectivity index (χ1) is 15.0. The average Bonchev–Trinajstić information content (AvgIpc) is 2.77. The molecule has 0 N–H and O–H groups in total. The summed E-state index contributed by atoms with van der Waals surface area (Å²) in [5.74, 6) is 5.41. The molecule has 3 aromatic rings. The Morgan fingerprint density at radius 1 is 0.781 bits per heavy atom. The normalized spacial score (nSPS) is 13.5. The minimum atomic E-state index is -4.33. The van der Waals surface area contributed by atoms with E-state index < -0.39 is 26.9 Å². The molecule has 0 amide bonds. The van der Waals surface area contributed by atoms with Gasteiger partial charge >= 0.3 is 0 Å². The average molecular weight is 447 g/mol. The van der Waals surface area contributed by atoms with E-state index in [4.69, 9.17) is 4.18 Å². The summed E-state index contributed by atoms with van der Waals surface area (Å²) >= 11 is 0. The van der Waals surface area contributed by atoms with Crippen LogP contribution in [0.4, 0.5) is 0 Å². The fourth-order valence-corrected chi connectivity index (χ4v) is 4.13. The largest absolute Gasteiger partial charge is 0.299 e. The molecule has 5 heteroatoms.